The quantitative estimate of drug-likeness (QED) is 0.302. The van der Waals surface area contributed by atoms with Gasteiger partial charge in [0.2, 0.25) is 0 Å². The van der Waals surface area contributed by atoms with E-state index in [0.717, 1.165) is 28.1 Å². The lowest BCUT2D eigenvalue weighted by molar-refractivity contribution is 0.0955. The molecule has 2 aromatic carbocycles. The molecule has 5 rings (SSSR count). The smallest absolute Gasteiger partial charge is 0.267 e. The first-order valence-corrected chi connectivity index (χ1v) is 10.4. The number of carbonyl (C=O) groups is 1. The topological polar surface area (TPSA) is 116 Å². The molecule has 1 amide bonds. The van der Waals surface area contributed by atoms with Gasteiger partial charge in [-0.15, -0.1) is 5.10 Å². The van der Waals surface area contributed by atoms with Gasteiger partial charge >= 0.3 is 0 Å². The first kappa shape index (κ1) is 20.9. The Morgan fingerprint density at radius 1 is 1.03 bits per heavy atom. The summed E-state index contributed by atoms with van der Waals surface area (Å²) < 4.78 is 3.35. The molecule has 0 saturated carbocycles. The second kappa shape index (κ2) is 9.65. The van der Waals surface area contributed by atoms with Crippen molar-refractivity contribution in [3.05, 3.63) is 108 Å². The third kappa shape index (κ3) is 4.75. The summed E-state index contributed by atoms with van der Waals surface area (Å²) in [5.74, 6) is -0.334. The fourth-order valence-corrected chi connectivity index (χ4v) is 3.38. The molecule has 166 valence electrons. The summed E-state index contributed by atoms with van der Waals surface area (Å²) in [5, 5.41) is 19.9. The molecular weight excluding hydrogens is 430 g/mol. The van der Waals surface area contributed by atoms with Gasteiger partial charge in [-0.1, -0.05) is 30.3 Å². The lowest BCUT2D eigenvalue weighted by Crippen LogP contribution is -2.17. The Labute approximate surface area is 194 Å². The number of hydrazone groups is 1. The van der Waals surface area contributed by atoms with Gasteiger partial charge in [-0.05, 0) is 52.4 Å². The van der Waals surface area contributed by atoms with E-state index >= 15 is 0 Å². The van der Waals surface area contributed by atoms with Crippen LogP contribution in [0.4, 0.5) is 0 Å². The zero-order chi connectivity index (χ0) is 23.2. The molecule has 5 aromatic rings. The van der Waals surface area contributed by atoms with Crippen LogP contribution in [0.5, 0.6) is 0 Å². The summed E-state index contributed by atoms with van der Waals surface area (Å²) in [7, 11) is 0. The molecule has 3 aromatic heterocycles. The summed E-state index contributed by atoms with van der Waals surface area (Å²) in [6.45, 7) is 0.613. The van der Waals surface area contributed by atoms with Gasteiger partial charge in [0.05, 0.1) is 18.4 Å². The van der Waals surface area contributed by atoms with E-state index in [1.165, 1.54) is 11.0 Å². The van der Waals surface area contributed by atoms with Gasteiger partial charge in [-0.25, -0.2) is 10.1 Å². The van der Waals surface area contributed by atoms with Crippen LogP contribution in [0.1, 0.15) is 21.5 Å². The number of nitrogens with one attached hydrogen (secondary N) is 1. The Bertz CT molecular complexity index is 1390. The number of aromatic nitrogens is 7. The van der Waals surface area contributed by atoms with Crippen LogP contribution in [0.25, 0.3) is 16.9 Å². The predicted octanol–water partition coefficient (Wildman–Crippen LogP) is 2.73. The SMILES string of the molecule is O=C(N/N=C/c1cn(Cc2ccccc2)nc1-c1cccnc1)c1ccc(-n2cnnn2)cc1. The molecule has 0 aliphatic carbocycles. The number of nitrogens with zero attached hydrogens (tertiary/aromatic N) is 8. The Balaban J connectivity index is 1.33. The zero-order valence-electron chi connectivity index (χ0n) is 17.9. The van der Waals surface area contributed by atoms with E-state index in [1.807, 2.05) is 53.3 Å². The third-order valence-corrected chi connectivity index (χ3v) is 5.03. The number of rotatable bonds is 7. The molecule has 1 N–H and O–H groups in total. The summed E-state index contributed by atoms with van der Waals surface area (Å²) in [6, 6.07) is 20.7. The normalized spacial score (nSPS) is 11.1. The zero-order valence-corrected chi connectivity index (χ0v) is 17.9. The molecule has 0 saturated heterocycles. The van der Waals surface area contributed by atoms with E-state index in [1.54, 1.807) is 42.9 Å². The Morgan fingerprint density at radius 2 is 1.88 bits per heavy atom. The van der Waals surface area contributed by atoms with Crippen LogP contribution in [-0.4, -0.2) is 47.1 Å². The van der Waals surface area contributed by atoms with Crippen LogP contribution < -0.4 is 5.43 Å². The van der Waals surface area contributed by atoms with Crippen molar-refractivity contribution in [2.75, 3.05) is 0 Å². The number of amides is 1. The van der Waals surface area contributed by atoms with E-state index in [0.29, 0.717) is 12.1 Å². The number of hydrogen-bond acceptors (Lipinski definition) is 7. The highest BCUT2D eigenvalue weighted by atomic mass is 16.2. The highest BCUT2D eigenvalue weighted by Crippen LogP contribution is 2.20. The number of carbonyl (C=O) groups excluding carboxylic acids is 1. The van der Waals surface area contributed by atoms with Crippen molar-refractivity contribution in [1.82, 2.24) is 40.4 Å². The Morgan fingerprint density at radius 3 is 2.62 bits per heavy atom. The average molecular weight is 449 g/mol. The monoisotopic (exact) mass is 449 g/mol. The molecule has 34 heavy (non-hydrogen) atoms. The molecule has 0 unspecified atom stereocenters. The van der Waals surface area contributed by atoms with Gasteiger partial charge in [-0.2, -0.15) is 10.2 Å². The van der Waals surface area contributed by atoms with Crippen molar-refractivity contribution in [3.8, 4) is 16.9 Å². The largest absolute Gasteiger partial charge is 0.271 e. The van der Waals surface area contributed by atoms with Crippen LogP contribution >= 0.6 is 0 Å². The highest BCUT2D eigenvalue weighted by molar-refractivity contribution is 5.95. The number of benzene rings is 2. The van der Waals surface area contributed by atoms with E-state index in [9.17, 15) is 4.79 Å². The minimum atomic E-state index is -0.334. The standard InChI is InChI=1S/C24H19N9O/c34-24(19-8-10-22(11-9-19)33-17-27-30-31-33)28-26-14-21-16-32(15-18-5-2-1-3-6-18)29-23(21)20-7-4-12-25-13-20/h1-14,16-17H,15H2,(H,28,34)/b26-14+. The molecule has 3 heterocycles. The highest BCUT2D eigenvalue weighted by Gasteiger charge is 2.11. The Kier molecular flexibility index (Phi) is 5.93. The molecule has 0 spiro atoms. The third-order valence-electron chi connectivity index (χ3n) is 5.03. The van der Waals surface area contributed by atoms with Gasteiger partial charge in [0, 0.05) is 35.3 Å². The van der Waals surface area contributed by atoms with Crippen LogP contribution in [-0.2, 0) is 6.54 Å². The van der Waals surface area contributed by atoms with E-state index < -0.39 is 0 Å². The molecular formula is C24H19N9O. The summed E-state index contributed by atoms with van der Waals surface area (Å²) in [6.07, 6.45) is 8.42. The first-order chi connectivity index (χ1) is 16.8. The van der Waals surface area contributed by atoms with Gasteiger partial charge in [0.1, 0.15) is 12.0 Å². The molecule has 0 aliphatic heterocycles. The van der Waals surface area contributed by atoms with Crippen molar-refractivity contribution in [1.29, 1.82) is 0 Å². The summed E-state index contributed by atoms with van der Waals surface area (Å²) >= 11 is 0. The number of pyridine rings is 1. The molecule has 0 radical (unpaired) electrons. The van der Waals surface area contributed by atoms with Crippen LogP contribution in [0.2, 0.25) is 0 Å². The lowest BCUT2D eigenvalue weighted by atomic mass is 10.1. The minimum Gasteiger partial charge on any atom is -0.267 e. The van der Waals surface area contributed by atoms with E-state index in [-0.39, 0.29) is 5.91 Å². The molecule has 10 nitrogen and oxygen atoms in total. The van der Waals surface area contributed by atoms with Gasteiger partial charge in [0.25, 0.3) is 5.91 Å². The van der Waals surface area contributed by atoms with Crippen LogP contribution in [0, 0.1) is 0 Å². The maximum atomic E-state index is 12.5. The Hall–Kier alpha value is -4.99. The van der Waals surface area contributed by atoms with Crippen molar-refractivity contribution in [2.24, 2.45) is 5.10 Å². The van der Waals surface area contributed by atoms with E-state index in [2.05, 4.69) is 31.0 Å². The number of hydrogen-bond donors (Lipinski definition) is 1. The molecule has 0 aliphatic rings. The maximum absolute atomic E-state index is 12.5. The lowest BCUT2D eigenvalue weighted by Gasteiger charge is -2.02. The molecule has 0 fully saturated rings. The first-order valence-electron chi connectivity index (χ1n) is 10.4. The second-order valence-corrected chi connectivity index (χ2v) is 7.36. The van der Waals surface area contributed by atoms with Gasteiger partial charge in [-0.3, -0.25) is 14.5 Å². The predicted molar refractivity (Wildman–Crippen MR) is 125 cm³/mol. The molecule has 10 heteroatoms. The van der Waals surface area contributed by atoms with Crippen molar-refractivity contribution in [2.45, 2.75) is 6.54 Å². The van der Waals surface area contributed by atoms with Gasteiger partial charge in [0.15, 0.2) is 0 Å². The van der Waals surface area contributed by atoms with Gasteiger partial charge < -0.3 is 0 Å². The molecule has 0 bridgehead atoms. The number of tetrazole rings is 1. The van der Waals surface area contributed by atoms with E-state index in [4.69, 9.17) is 5.10 Å². The van der Waals surface area contributed by atoms with Crippen molar-refractivity contribution in [3.63, 3.8) is 0 Å². The maximum Gasteiger partial charge on any atom is 0.271 e. The fraction of sp³-hybridized carbons (Fsp3) is 0.0417. The van der Waals surface area contributed by atoms with Crippen LogP contribution in [0.3, 0.4) is 0 Å². The van der Waals surface area contributed by atoms with Crippen LogP contribution in [0.15, 0.2) is 96.7 Å². The molecule has 0 atom stereocenters. The van der Waals surface area contributed by atoms with Crippen molar-refractivity contribution >= 4 is 12.1 Å². The summed E-state index contributed by atoms with van der Waals surface area (Å²) in [5.41, 5.74) is 7.26. The minimum absolute atomic E-state index is 0.334. The fourth-order valence-electron chi connectivity index (χ4n) is 3.38. The summed E-state index contributed by atoms with van der Waals surface area (Å²) in [4.78, 5) is 16.7. The average Bonchev–Trinajstić information content (AvgIpc) is 3.56. The second-order valence-electron chi connectivity index (χ2n) is 7.36. The van der Waals surface area contributed by atoms with Crippen molar-refractivity contribution < 1.29 is 4.79 Å².